The summed E-state index contributed by atoms with van der Waals surface area (Å²) < 4.78 is 31.7. The third-order valence-corrected chi connectivity index (χ3v) is 4.20. The Morgan fingerprint density at radius 2 is 1.95 bits per heavy atom. The minimum Gasteiger partial charge on any atom is -0.449 e. The van der Waals surface area contributed by atoms with Crippen LogP contribution in [0.5, 0.6) is 0 Å². The maximum Gasteiger partial charge on any atom is 0.409 e. The Bertz CT molecular complexity index is 521. The van der Waals surface area contributed by atoms with Gasteiger partial charge in [-0.3, -0.25) is 0 Å². The number of ether oxygens (including phenoxy) is 1. The number of aryl methyl sites for hydroxylation is 1. The van der Waals surface area contributed by atoms with Crippen molar-refractivity contribution in [2.24, 2.45) is 5.41 Å². The summed E-state index contributed by atoms with van der Waals surface area (Å²) >= 11 is 0. The van der Waals surface area contributed by atoms with Crippen LogP contribution in [-0.2, 0) is 11.2 Å². The van der Waals surface area contributed by atoms with E-state index in [-0.39, 0.29) is 18.1 Å². The fourth-order valence-corrected chi connectivity index (χ4v) is 2.54. The van der Waals surface area contributed by atoms with E-state index in [0.29, 0.717) is 31.5 Å². The lowest BCUT2D eigenvalue weighted by Crippen LogP contribution is -2.41. The minimum absolute atomic E-state index is 0.217. The predicted octanol–water partition coefficient (Wildman–Crippen LogP) is 4.16. The molecule has 1 aliphatic rings. The molecule has 3 nitrogen and oxygen atoms in total. The normalized spacial score (nSPS) is 17.4. The molecule has 1 aromatic carbocycles. The number of amides is 1. The smallest absolute Gasteiger partial charge is 0.409 e. The van der Waals surface area contributed by atoms with Gasteiger partial charge in [0.1, 0.15) is 11.6 Å². The third-order valence-electron chi connectivity index (χ3n) is 4.20. The first-order chi connectivity index (χ1) is 10.4. The van der Waals surface area contributed by atoms with Crippen LogP contribution in [0.15, 0.2) is 18.2 Å². The third kappa shape index (κ3) is 4.68. The van der Waals surface area contributed by atoms with Crippen molar-refractivity contribution in [1.82, 2.24) is 4.90 Å². The zero-order valence-corrected chi connectivity index (χ0v) is 13.2. The molecular weight excluding hydrogens is 288 g/mol. The fraction of sp³-hybridized carbons (Fsp3) is 0.588. The Balaban J connectivity index is 1.70. The van der Waals surface area contributed by atoms with Crippen LogP contribution in [0, 0.1) is 17.0 Å². The Morgan fingerprint density at radius 1 is 1.27 bits per heavy atom. The second-order valence-corrected chi connectivity index (χ2v) is 6.60. The summed E-state index contributed by atoms with van der Waals surface area (Å²) in [6.07, 6.45) is 2.46. The number of nitrogens with zero attached hydrogens (tertiary/aromatic N) is 1. The van der Waals surface area contributed by atoms with E-state index < -0.39 is 11.6 Å². The van der Waals surface area contributed by atoms with Crippen LogP contribution in [-0.4, -0.2) is 30.7 Å². The van der Waals surface area contributed by atoms with E-state index in [1.54, 1.807) is 4.90 Å². The minimum atomic E-state index is -0.454. The second-order valence-electron chi connectivity index (χ2n) is 6.60. The number of carbonyl (C=O) groups is 1. The van der Waals surface area contributed by atoms with Gasteiger partial charge < -0.3 is 9.64 Å². The SMILES string of the molecule is CC1(C)CCN(C(=O)OCCCc2cc(F)ccc2F)CC1. The molecule has 2 rings (SSSR count). The molecule has 1 aliphatic heterocycles. The van der Waals surface area contributed by atoms with Crippen molar-refractivity contribution >= 4 is 6.09 Å². The van der Waals surface area contributed by atoms with Crippen molar-refractivity contribution in [2.45, 2.75) is 39.5 Å². The quantitative estimate of drug-likeness (QED) is 0.782. The monoisotopic (exact) mass is 311 g/mol. The molecule has 0 aliphatic carbocycles. The number of halogens is 2. The lowest BCUT2D eigenvalue weighted by Gasteiger charge is -2.36. The lowest BCUT2D eigenvalue weighted by molar-refractivity contribution is 0.0744. The van der Waals surface area contributed by atoms with E-state index in [9.17, 15) is 13.6 Å². The van der Waals surface area contributed by atoms with Gasteiger partial charge >= 0.3 is 6.09 Å². The Hall–Kier alpha value is -1.65. The maximum atomic E-state index is 13.4. The fourth-order valence-electron chi connectivity index (χ4n) is 2.54. The first-order valence-electron chi connectivity index (χ1n) is 7.73. The van der Waals surface area contributed by atoms with Crippen molar-refractivity contribution in [3.8, 4) is 0 Å². The summed E-state index contributed by atoms with van der Waals surface area (Å²) in [5.41, 5.74) is 0.599. The van der Waals surface area contributed by atoms with Gasteiger partial charge in [-0.2, -0.15) is 0 Å². The summed E-state index contributed by atoms with van der Waals surface area (Å²) in [7, 11) is 0. The van der Waals surface area contributed by atoms with E-state index in [1.807, 2.05) is 0 Å². The molecule has 122 valence electrons. The van der Waals surface area contributed by atoms with E-state index in [2.05, 4.69) is 13.8 Å². The van der Waals surface area contributed by atoms with Gasteiger partial charge in [-0.1, -0.05) is 13.8 Å². The van der Waals surface area contributed by atoms with E-state index in [4.69, 9.17) is 4.74 Å². The Morgan fingerprint density at radius 3 is 2.64 bits per heavy atom. The highest BCUT2D eigenvalue weighted by molar-refractivity contribution is 5.67. The van der Waals surface area contributed by atoms with E-state index in [0.717, 1.165) is 25.0 Å². The zero-order chi connectivity index (χ0) is 16.2. The van der Waals surface area contributed by atoms with Gasteiger partial charge in [0.05, 0.1) is 6.61 Å². The van der Waals surface area contributed by atoms with Crippen LogP contribution in [0.25, 0.3) is 0 Å². The Kier molecular flexibility index (Phi) is 5.37. The Labute approximate surface area is 130 Å². The molecule has 1 saturated heterocycles. The molecule has 1 fully saturated rings. The molecule has 22 heavy (non-hydrogen) atoms. The summed E-state index contributed by atoms with van der Waals surface area (Å²) in [5.74, 6) is -0.879. The second kappa shape index (κ2) is 7.07. The maximum absolute atomic E-state index is 13.4. The highest BCUT2D eigenvalue weighted by atomic mass is 19.1. The number of hydrogen-bond donors (Lipinski definition) is 0. The number of hydrogen-bond acceptors (Lipinski definition) is 2. The van der Waals surface area contributed by atoms with Gasteiger partial charge in [-0.25, -0.2) is 13.6 Å². The van der Waals surface area contributed by atoms with Gasteiger partial charge in [0.25, 0.3) is 0 Å². The topological polar surface area (TPSA) is 29.5 Å². The van der Waals surface area contributed by atoms with Gasteiger partial charge in [-0.05, 0) is 54.9 Å². The van der Waals surface area contributed by atoms with Crippen molar-refractivity contribution in [3.05, 3.63) is 35.4 Å². The van der Waals surface area contributed by atoms with Crippen molar-refractivity contribution in [1.29, 1.82) is 0 Å². The summed E-state index contributed by atoms with van der Waals surface area (Å²) in [4.78, 5) is 13.6. The zero-order valence-electron chi connectivity index (χ0n) is 13.2. The summed E-state index contributed by atoms with van der Waals surface area (Å²) in [6.45, 7) is 6.04. The first-order valence-corrected chi connectivity index (χ1v) is 7.73. The highest BCUT2D eigenvalue weighted by Gasteiger charge is 2.28. The van der Waals surface area contributed by atoms with Crippen LogP contribution >= 0.6 is 0 Å². The number of piperidine rings is 1. The molecule has 0 saturated carbocycles. The summed E-state index contributed by atoms with van der Waals surface area (Å²) in [5, 5.41) is 0. The number of likely N-dealkylation sites (tertiary alicyclic amines) is 1. The van der Waals surface area contributed by atoms with Crippen LogP contribution in [0.1, 0.15) is 38.7 Å². The molecule has 1 amide bonds. The molecular formula is C17H23F2NO2. The number of carbonyl (C=O) groups excluding carboxylic acids is 1. The van der Waals surface area contributed by atoms with E-state index >= 15 is 0 Å². The molecule has 5 heteroatoms. The molecule has 0 unspecified atom stereocenters. The molecule has 0 bridgehead atoms. The van der Waals surface area contributed by atoms with Gasteiger partial charge in [0.2, 0.25) is 0 Å². The van der Waals surface area contributed by atoms with Crippen molar-refractivity contribution < 1.29 is 18.3 Å². The molecule has 1 aromatic rings. The lowest BCUT2D eigenvalue weighted by atomic mass is 9.83. The molecule has 0 aromatic heterocycles. The molecule has 0 N–H and O–H groups in total. The van der Waals surface area contributed by atoms with Gasteiger partial charge in [0, 0.05) is 13.1 Å². The van der Waals surface area contributed by atoms with Crippen LogP contribution in [0.2, 0.25) is 0 Å². The molecule has 0 radical (unpaired) electrons. The number of rotatable bonds is 4. The largest absolute Gasteiger partial charge is 0.449 e. The van der Waals surface area contributed by atoms with Crippen LogP contribution < -0.4 is 0 Å². The average molecular weight is 311 g/mol. The standard InChI is InChI=1S/C17H23F2NO2/c1-17(2)7-9-20(10-8-17)16(21)22-11-3-4-13-12-14(18)5-6-15(13)19/h5-6,12H,3-4,7-11H2,1-2H3. The van der Waals surface area contributed by atoms with E-state index in [1.165, 1.54) is 6.07 Å². The number of benzene rings is 1. The molecule has 0 atom stereocenters. The van der Waals surface area contributed by atoms with Gasteiger partial charge in [0.15, 0.2) is 0 Å². The van der Waals surface area contributed by atoms with Gasteiger partial charge in [-0.15, -0.1) is 0 Å². The molecule has 1 heterocycles. The first kappa shape index (κ1) is 16.7. The van der Waals surface area contributed by atoms with Crippen molar-refractivity contribution in [2.75, 3.05) is 19.7 Å². The molecule has 0 spiro atoms. The summed E-state index contributed by atoms with van der Waals surface area (Å²) in [6, 6.07) is 3.40. The highest BCUT2D eigenvalue weighted by Crippen LogP contribution is 2.29. The van der Waals surface area contributed by atoms with Crippen molar-refractivity contribution in [3.63, 3.8) is 0 Å². The van der Waals surface area contributed by atoms with Crippen LogP contribution in [0.3, 0.4) is 0 Å². The van der Waals surface area contributed by atoms with Crippen LogP contribution in [0.4, 0.5) is 13.6 Å². The average Bonchev–Trinajstić information content (AvgIpc) is 2.46. The predicted molar refractivity (Wildman–Crippen MR) is 80.6 cm³/mol.